The van der Waals surface area contributed by atoms with Crippen molar-refractivity contribution in [2.24, 2.45) is 0 Å². The van der Waals surface area contributed by atoms with Gasteiger partial charge in [0.2, 0.25) is 0 Å². The Morgan fingerprint density at radius 1 is 1.40 bits per heavy atom. The van der Waals surface area contributed by atoms with Gasteiger partial charge in [-0.2, -0.15) is 5.26 Å². The summed E-state index contributed by atoms with van der Waals surface area (Å²) in [5, 5.41) is 13.8. The summed E-state index contributed by atoms with van der Waals surface area (Å²) < 4.78 is 0.894. The number of fused-ring (bicyclic) bond motifs is 1. The summed E-state index contributed by atoms with van der Waals surface area (Å²) in [5.41, 5.74) is 0.651. The van der Waals surface area contributed by atoms with Crippen LogP contribution in [0.3, 0.4) is 0 Å². The number of benzene rings is 1. The Balaban J connectivity index is 2.81. The van der Waals surface area contributed by atoms with Gasteiger partial charge in [-0.25, -0.2) is 4.98 Å². The van der Waals surface area contributed by atoms with Crippen LogP contribution in [0.25, 0.3) is 10.8 Å². The van der Waals surface area contributed by atoms with Crippen molar-refractivity contribution < 1.29 is 0 Å². The number of hydrogen-bond donors (Lipinski definition) is 1. The summed E-state index contributed by atoms with van der Waals surface area (Å²) in [6.45, 7) is 0. The van der Waals surface area contributed by atoms with Crippen LogP contribution in [0.1, 0.15) is 5.56 Å². The van der Waals surface area contributed by atoms with Crippen LogP contribution in [0.5, 0.6) is 0 Å². The molecule has 0 fully saturated rings. The number of hydrogen-bond acceptors (Lipinski definition) is 3. The minimum Gasteiger partial charge on any atom is -0.373 e. The van der Waals surface area contributed by atoms with Gasteiger partial charge >= 0.3 is 0 Å². The van der Waals surface area contributed by atoms with E-state index in [-0.39, 0.29) is 0 Å². The monoisotopic (exact) mass is 261 g/mol. The van der Waals surface area contributed by atoms with Crippen molar-refractivity contribution in [3.8, 4) is 6.07 Å². The quantitative estimate of drug-likeness (QED) is 0.859. The Bertz CT molecular complexity index is 557. The molecule has 3 nitrogen and oxygen atoms in total. The maximum atomic E-state index is 9.01. The summed E-state index contributed by atoms with van der Waals surface area (Å²) in [4.78, 5) is 4.20. The summed E-state index contributed by atoms with van der Waals surface area (Å²) in [7, 11) is 1.80. The molecular formula is C11H8BrN3. The Morgan fingerprint density at radius 2 is 2.20 bits per heavy atom. The number of rotatable bonds is 1. The highest BCUT2D eigenvalue weighted by molar-refractivity contribution is 9.10. The second kappa shape index (κ2) is 3.87. The summed E-state index contributed by atoms with van der Waals surface area (Å²) in [6.07, 6.45) is 1.76. The average molecular weight is 262 g/mol. The van der Waals surface area contributed by atoms with Gasteiger partial charge in [-0.15, -0.1) is 0 Å². The molecule has 0 aliphatic heterocycles. The zero-order valence-corrected chi connectivity index (χ0v) is 9.67. The number of halogens is 1. The molecule has 0 spiro atoms. The van der Waals surface area contributed by atoms with E-state index in [4.69, 9.17) is 5.26 Å². The van der Waals surface area contributed by atoms with Crippen molar-refractivity contribution in [2.45, 2.75) is 0 Å². The van der Waals surface area contributed by atoms with Crippen LogP contribution >= 0.6 is 15.9 Å². The van der Waals surface area contributed by atoms with Gasteiger partial charge in [0.25, 0.3) is 0 Å². The van der Waals surface area contributed by atoms with Crippen molar-refractivity contribution >= 4 is 32.5 Å². The van der Waals surface area contributed by atoms with Crippen molar-refractivity contribution in [1.82, 2.24) is 4.98 Å². The molecule has 0 amide bonds. The topological polar surface area (TPSA) is 48.7 Å². The normalized spacial score (nSPS) is 9.93. The molecule has 1 aromatic carbocycles. The van der Waals surface area contributed by atoms with Crippen LogP contribution in [-0.2, 0) is 0 Å². The molecule has 0 atom stereocenters. The molecule has 0 radical (unpaired) electrons. The highest BCUT2D eigenvalue weighted by atomic mass is 79.9. The predicted molar refractivity (Wildman–Crippen MR) is 63.7 cm³/mol. The minimum absolute atomic E-state index is 0.651. The first-order valence-corrected chi connectivity index (χ1v) is 5.21. The number of nitrogens with zero attached hydrogens (tertiary/aromatic N) is 2. The average Bonchev–Trinajstić information content (AvgIpc) is 2.27. The number of nitrogens with one attached hydrogen (secondary N) is 1. The molecule has 2 aromatic rings. The molecule has 0 saturated heterocycles. The van der Waals surface area contributed by atoms with E-state index in [1.807, 2.05) is 18.2 Å². The maximum Gasteiger partial charge on any atom is 0.126 e. The summed E-state index contributed by atoms with van der Waals surface area (Å²) in [6, 6.07) is 7.81. The molecular weight excluding hydrogens is 254 g/mol. The lowest BCUT2D eigenvalue weighted by atomic mass is 10.1. The van der Waals surface area contributed by atoms with Crippen molar-refractivity contribution in [2.75, 3.05) is 12.4 Å². The molecule has 1 heterocycles. The van der Waals surface area contributed by atoms with E-state index in [0.29, 0.717) is 5.56 Å². The third-order valence-electron chi connectivity index (χ3n) is 2.18. The van der Waals surface area contributed by atoms with Gasteiger partial charge in [0, 0.05) is 28.5 Å². The molecule has 0 bridgehead atoms. The number of nitriles is 1. The van der Waals surface area contributed by atoms with E-state index in [9.17, 15) is 0 Å². The SMILES string of the molecule is CNc1cc2c(C#N)cc(Br)cc2cn1. The van der Waals surface area contributed by atoms with E-state index in [2.05, 4.69) is 32.3 Å². The number of aromatic nitrogens is 1. The van der Waals surface area contributed by atoms with Gasteiger partial charge < -0.3 is 5.32 Å². The van der Waals surface area contributed by atoms with Crippen LogP contribution < -0.4 is 5.32 Å². The van der Waals surface area contributed by atoms with E-state index >= 15 is 0 Å². The van der Waals surface area contributed by atoms with Gasteiger partial charge in [0.1, 0.15) is 5.82 Å². The fraction of sp³-hybridized carbons (Fsp3) is 0.0909. The van der Waals surface area contributed by atoms with Crippen LogP contribution in [0.2, 0.25) is 0 Å². The molecule has 0 aliphatic carbocycles. The molecule has 4 heteroatoms. The van der Waals surface area contributed by atoms with E-state index in [1.54, 1.807) is 13.2 Å². The lowest BCUT2D eigenvalue weighted by Crippen LogP contribution is -1.92. The highest BCUT2D eigenvalue weighted by Crippen LogP contribution is 2.24. The minimum atomic E-state index is 0.651. The van der Waals surface area contributed by atoms with E-state index < -0.39 is 0 Å². The van der Waals surface area contributed by atoms with Crippen LogP contribution in [0, 0.1) is 11.3 Å². The maximum absolute atomic E-state index is 9.01. The lowest BCUT2D eigenvalue weighted by molar-refractivity contribution is 1.31. The van der Waals surface area contributed by atoms with Gasteiger partial charge in [-0.1, -0.05) is 15.9 Å². The largest absolute Gasteiger partial charge is 0.373 e. The molecule has 1 N–H and O–H groups in total. The van der Waals surface area contributed by atoms with E-state index in [1.165, 1.54) is 0 Å². The van der Waals surface area contributed by atoms with Gasteiger partial charge in [0.15, 0.2) is 0 Å². The highest BCUT2D eigenvalue weighted by Gasteiger charge is 2.04. The molecule has 1 aromatic heterocycles. The molecule has 0 unspecified atom stereocenters. The predicted octanol–water partition coefficient (Wildman–Crippen LogP) is 2.91. The number of anilines is 1. The van der Waals surface area contributed by atoms with Crippen LogP contribution in [-0.4, -0.2) is 12.0 Å². The van der Waals surface area contributed by atoms with Gasteiger partial charge in [-0.05, 0) is 18.2 Å². The van der Waals surface area contributed by atoms with Gasteiger partial charge in [0.05, 0.1) is 11.6 Å². The Kier molecular flexibility index (Phi) is 2.57. The van der Waals surface area contributed by atoms with Crippen LogP contribution in [0.4, 0.5) is 5.82 Å². The Hall–Kier alpha value is -1.60. The summed E-state index contributed by atoms with van der Waals surface area (Å²) >= 11 is 3.37. The first-order chi connectivity index (χ1) is 7.24. The first kappa shape index (κ1) is 9.94. The molecule has 0 aliphatic rings. The first-order valence-electron chi connectivity index (χ1n) is 4.42. The second-order valence-electron chi connectivity index (χ2n) is 3.11. The fourth-order valence-electron chi connectivity index (χ4n) is 1.45. The Morgan fingerprint density at radius 3 is 2.87 bits per heavy atom. The standard InChI is InChI=1S/C11H8BrN3/c1-14-11-4-10-7(5-13)2-9(12)3-8(10)6-15-11/h2-4,6H,1H3,(H,14,15). The van der Waals surface area contributed by atoms with Crippen LogP contribution in [0.15, 0.2) is 28.9 Å². The molecule has 2 rings (SSSR count). The third kappa shape index (κ3) is 1.79. The smallest absolute Gasteiger partial charge is 0.126 e. The zero-order valence-electron chi connectivity index (χ0n) is 8.08. The van der Waals surface area contributed by atoms with Crippen molar-refractivity contribution in [1.29, 1.82) is 5.26 Å². The molecule has 0 saturated carbocycles. The Labute approximate surface area is 95.9 Å². The van der Waals surface area contributed by atoms with Crippen molar-refractivity contribution in [3.05, 3.63) is 34.4 Å². The second-order valence-corrected chi connectivity index (χ2v) is 4.02. The summed E-state index contributed by atoms with van der Waals surface area (Å²) in [5.74, 6) is 0.765. The number of pyridine rings is 1. The molecule has 15 heavy (non-hydrogen) atoms. The fourth-order valence-corrected chi connectivity index (χ4v) is 1.92. The lowest BCUT2D eigenvalue weighted by Gasteiger charge is -2.04. The van der Waals surface area contributed by atoms with E-state index in [0.717, 1.165) is 21.1 Å². The molecule has 74 valence electrons. The zero-order chi connectivity index (χ0) is 10.8. The van der Waals surface area contributed by atoms with Gasteiger partial charge in [-0.3, -0.25) is 0 Å². The van der Waals surface area contributed by atoms with Crippen molar-refractivity contribution in [3.63, 3.8) is 0 Å². The third-order valence-corrected chi connectivity index (χ3v) is 2.63.